The van der Waals surface area contributed by atoms with Crippen LogP contribution in [-0.2, 0) is 12.8 Å². The lowest BCUT2D eigenvalue weighted by atomic mass is 9.86. The smallest absolute Gasteiger partial charge is 0.138 e. The van der Waals surface area contributed by atoms with Gasteiger partial charge in [-0.25, -0.2) is 4.98 Å². The van der Waals surface area contributed by atoms with Crippen molar-refractivity contribution in [3.05, 3.63) is 327 Å². The molecule has 1 aliphatic carbocycles. The van der Waals surface area contributed by atoms with Crippen LogP contribution in [0.15, 0.2) is 315 Å². The van der Waals surface area contributed by atoms with Crippen LogP contribution in [-0.4, -0.2) is 18.7 Å². The molecule has 0 saturated carbocycles. The highest BCUT2D eigenvalue weighted by Gasteiger charge is 2.27. The summed E-state index contributed by atoms with van der Waals surface area (Å²) < 4.78 is 12.7. The van der Waals surface area contributed by atoms with Gasteiger partial charge in [0.2, 0.25) is 0 Å². The summed E-state index contributed by atoms with van der Waals surface area (Å²) in [7, 11) is 0. The van der Waals surface area contributed by atoms with Crippen LogP contribution in [0.25, 0.3) is 190 Å². The van der Waals surface area contributed by atoms with Crippen LogP contribution >= 0.6 is 22.7 Å². The molecule has 0 unspecified atom stereocenters. The fraction of sp³-hybridized carbons (Fsp3) is 0.0220. The summed E-state index contributed by atoms with van der Waals surface area (Å²) in [6.45, 7) is 0. The van der Waals surface area contributed by atoms with Crippen molar-refractivity contribution in [2.75, 3.05) is 0 Å². The Morgan fingerprint density at radius 3 is 1.08 bits per heavy atom. The minimum atomic E-state index is 0.876. The number of aromatic nitrogens is 4. The molecule has 97 heavy (non-hydrogen) atoms. The van der Waals surface area contributed by atoms with Gasteiger partial charge in [0.15, 0.2) is 0 Å². The van der Waals surface area contributed by atoms with Crippen molar-refractivity contribution < 1.29 is 0 Å². The molecule has 6 aromatic heterocycles. The van der Waals surface area contributed by atoms with E-state index < -0.39 is 0 Å². The summed E-state index contributed by atoms with van der Waals surface area (Å²) in [6, 6.07) is 118. The molecule has 21 rings (SSSR count). The quantitative estimate of drug-likeness (QED) is 0.142. The Labute approximate surface area is 566 Å². The van der Waals surface area contributed by atoms with Gasteiger partial charge in [-0.1, -0.05) is 218 Å². The Kier molecular flexibility index (Phi) is 12.0. The number of rotatable bonds is 9. The molecule has 0 amide bonds. The van der Waals surface area contributed by atoms with E-state index in [-0.39, 0.29) is 0 Å². The number of hydrogen-bond donors (Lipinski definition) is 0. The maximum absolute atomic E-state index is 5.83. The summed E-state index contributed by atoms with van der Waals surface area (Å²) >= 11 is 3.78. The number of nitrogens with zero attached hydrogens (tertiary/aromatic N) is 4. The first-order valence-corrected chi connectivity index (χ1v) is 35.1. The molecule has 6 heterocycles. The van der Waals surface area contributed by atoms with Crippen molar-refractivity contribution >= 4 is 128 Å². The van der Waals surface area contributed by atoms with E-state index >= 15 is 0 Å². The molecule has 0 N–H and O–H groups in total. The second kappa shape index (κ2) is 21.3. The largest absolute Gasteiger partial charge is 0.309 e. The van der Waals surface area contributed by atoms with Crippen molar-refractivity contribution in [2.45, 2.75) is 12.8 Å². The van der Waals surface area contributed by atoms with Gasteiger partial charge < -0.3 is 9.13 Å². The molecule has 20 aromatic rings. The molecule has 1 aliphatic rings. The van der Waals surface area contributed by atoms with Crippen molar-refractivity contribution in [1.82, 2.24) is 18.7 Å². The van der Waals surface area contributed by atoms with Gasteiger partial charge >= 0.3 is 0 Å². The fourth-order valence-corrected chi connectivity index (χ4v) is 18.8. The van der Waals surface area contributed by atoms with Gasteiger partial charge in [-0.3, -0.25) is 4.57 Å². The van der Waals surface area contributed by atoms with Gasteiger partial charge in [0.25, 0.3) is 0 Å². The molecule has 0 bridgehead atoms. The predicted molar refractivity (Wildman–Crippen MR) is 413 cm³/mol. The average molecular weight is 1270 g/mol. The van der Waals surface area contributed by atoms with Gasteiger partial charge in [0, 0.05) is 89.6 Å². The Balaban J connectivity index is 0.854. The van der Waals surface area contributed by atoms with Gasteiger partial charge in [0.05, 0.1) is 38.8 Å². The molecule has 0 saturated heterocycles. The standard InChI is InChI=1S/C91H56N4S2/c1-3-21-55(22-4-1)63-51-78(56-23-5-2-6-24-56)92-87(54-63)95-83-52-61(59-45-64(68-31-19-33-76-74-29-11-17-39-85(74)96-90(68)76)49-66(47-59)93-79-35-13-7-25-70(79)71-26-8-14-36-80(71)93)43-57-41-42-58-44-62(53-84(95)89(58)88(57)83)60-46-65(69-32-20-34-77-75-30-12-18-40-86(75)97-91(69)77)50-67(48-60)94-81-37-15-9-27-72(81)73-28-10-16-38-82(73)94/h1-40,43-54H,41-42H2. The Bertz CT molecular complexity index is 6190. The SMILES string of the molecule is c1ccc(-c2cc(-c3ccccc3)nc(-n3c4cc(-c5cc(-c6cccc7c6sc6ccccc67)cc(-n6c7ccccc7c7ccccc76)c5)cc5c4c4c(cc(-c6cc(-c7cccc8c7sc7ccccc78)cc(-n7c8ccccc8c8ccccc87)c6)cc43)CC5)c2)cc1. The molecule has 0 aliphatic heterocycles. The molecule has 4 nitrogen and oxygen atoms in total. The number of pyridine rings is 1. The van der Waals surface area contributed by atoms with Crippen molar-refractivity contribution in [3.63, 3.8) is 0 Å². The fourth-order valence-electron chi connectivity index (χ4n) is 16.3. The average Bonchev–Trinajstić information content (AvgIpc) is 1.58. The van der Waals surface area contributed by atoms with Crippen molar-refractivity contribution in [1.29, 1.82) is 0 Å². The third-order valence-corrected chi connectivity index (χ3v) is 23.1. The topological polar surface area (TPSA) is 27.7 Å². The third kappa shape index (κ3) is 8.44. The first kappa shape index (κ1) is 54.5. The predicted octanol–water partition coefficient (Wildman–Crippen LogP) is 25.2. The van der Waals surface area contributed by atoms with Crippen LogP contribution < -0.4 is 0 Å². The third-order valence-electron chi connectivity index (χ3n) is 20.6. The number of para-hydroxylation sites is 4. The summed E-state index contributed by atoms with van der Waals surface area (Å²) in [5.74, 6) is 0.876. The molecular formula is C91H56N4S2. The molecule has 0 radical (unpaired) electrons. The maximum atomic E-state index is 5.83. The van der Waals surface area contributed by atoms with Crippen LogP contribution in [0.3, 0.4) is 0 Å². The lowest BCUT2D eigenvalue weighted by Gasteiger charge is -2.18. The van der Waals surface area contributed by atoms with Gasteiger partial charge in [-0.15, -0.1) is 22.7 Å². The van der Waals surface area contributed by atoms with E-state index in [1.54, 1.807) is 0 Å². The first-order chi connectivity index (χ1) is 48.1. The van der Waals surface area contributed by atoms with E-state index in [2.05, 4.69) is 329 Å². The molecule has 6 heteroatoms. The van der Waals surface area contributed by atoms with E-state index in [1.807, 2.05) is 22.7 Å². The van der Waals surface area contributed by atoms with Gasteiger partial charge in [0.1, 0.15) is 5.82 Å². The number of hydrogen-bond acceptors (Lipinski definition) is 3. The lowest BCUT2D eigenvalue weighted by Crippen LogP contribution is -2.01. The number of fused-ring (bicyclic) bond motifs is 12. The highest BCUT2D eigenvalue weighted by molar-refractivity contribution is 7.26. The highest BCUT2D eigenvalue weighted by atomic mass is 32.1. The number of aryl methyl sites for hydroxylation is 2. The van der Waals surface area contributed by atoms with E-state index in [0.717, 1.165) is 74.6 Å². The summed E-state index contributed by atoms with van der Waals surface area (Å²) in [4.78, 5) is 5.83. The highest BCUT2D eigenvalue weighted by Crippen LogP contribution is 2.49. The zero-order chi connectivity index (χ0) is 63.4. The minimum Gasteiger partial charge on any atom is -0.309 e. The lowest BCUT2D eigenvalue weighted by molar-refractivity contribution is 0.970. The van der Waals surface area contributed by atoms with E-state index in [0.29, 0.717) is 0 Å². The van der Waals surface area contributed by atoms with Crippen LogP contribution in [0.5, 0.6) is 0 Å². The zero-order valence-corrected chi connectivity index (χ0v) is 54.2. The Hall–Kier alpha value is -11.9. The molecule has 14 aromatic carbocycles. The second-order valence-electron chi connectivity index (χ2n) is 26.1. The van der Waals surface area contributed by atoms with Crippen LogP contribution in [0.2, 0.25) is 0 Å². The second-order valence-corrected chi connectivity index (χ2v) is 28.2. The van der Waals surface area contributed by atoms with Crippen LogP contribution in [0.1, 0.15) is 11.1 Å². The van der Waals surface area contributed by atoms with Gasteiger partial charge in [-0.05, 0) is 177 Å². The van der Waals surface area contributed by atoms with Crippen molar-refractivity contribution in [2.24, 2.45) is 0 Å². The van der Waals surface area contributed by atoms with E-state index in [9.17, 15) is 0 Å². The normalized spacial score (nSPS) is 12.5. The Morgan fingerprint density at radius 1 is 0.247 bits per heavy atom. The molecule has 0 fully saturated rings. The molecule has 452 valence electrons. The zero-order valence-electron chi connectivity index (χ0n) is 52.5. The van der Waals surface area contributed by atoms with Crippen molar-refractivity contribution in [3.8, 4) is 84.1 Å². The van der Waals surface area contributed by atoms with Gasteiger partial charge in [-0.2, -0.15) is 0 Å². The minimum absolute atomic E-state index is 0.876. The summed E-state index contributed by atoms with van der Waals surface area (Å²) in [6.07, 6.45) is 1.77. The maximum Gasteiger partial charge on any atom is 0.138 e. The monoisotopic (exact) mass is 1270 g/mol. The van der Waals surface area contributed by atoms with E-state index in [1.165, 1.54) is 139 Å². The molecule has 0 atom stereocenters. The number of benzene rings is 14. The van der Waals surface area contributed by atoms with E-state index in [4.69, 9.17) is 4.98 Å². The summed E-state index contributed by atoms with van der Waals surface area (Å²) in [5, 5.41) is 12.7. The van der Waals surface area contributed by atoms with Crippen LogP contribution in [0.4, 0.5) is 0 Å². The summed E-state index contributed by atoms with van der Waals surface area (Å²) in [5.41, 5.74) is 25.7. The first-order valence-electron chi connectivity index (χ1n) is 33.4. The molecule has 0 spiro atoms. The Morgan fingerprint density at radius 2 is 0.619 bits per heavy atom. The molecular weight excluding hydrogens is 1210 g/mol. The van der Waals surface area contributed by atoms with Crippen LogP contribution in [0, 0.1) is 0 Å². The number of thiophene rings is 2.